The fourth-order valence-corrected chi connectivity index (χ4v) is 2.26. The number of hydrogen-bond acceptors (Lipinski definition) is 4. The topological polar surface area (TPSA) is 84.6 Å². The van der Waals surface area contributed by atoms with Gasteiger partial charge in [-0.25, -0.2) is 4.79 Å². The zero-order valence-corrected chi connectivity index (χ0v) is 9.64. The maximum atomic E-state index is 11.2. The summed E-state index contributed by atoms with van der Waals surface area (Å²) in [7, 11) is 1.59. The van der Waals surface area contributed by atoms with Gasteiger partial charge in [0.1, 0.15) is 5.75 Å². The van der Waals surface area contributed by atoms with Gasteiger partial charge < -0.3 is 15.6 Å². The van der Waals surface area contributed by atoms with Gasteiger partial charge in [0.15, 0.2) is 5.66 Å². The maximum absolute atomic E-state index is 11.2. The molecule has 1 aliphatic heterocycles. The van der Waals surface area contributed by atoms with Crippen molar-refractivity contribution in [3.8, 4) is 5.75 Å². The van der Waals surface area contributed by atoms with Crippen molar-refractivity contribution in [2.45, 2.75) is 18.0 Å². The Bertz CT molecular complexity index is 418. The van der Waals surface area contributed by atoms with Gasteiger partial charge in [-0.1, -0.05) is 12.1 Å². The van der Waals surface area contributed by atoms with Crippen LogP contribution in [0.4, 0.5) is 0 Å². The van der Waals surface area contributed by atoms with E-state index in [1.807, 2.05) is 24.3 Å². The Labute approximate surface area is 99.6 Å². The molecule has 0 saturated carbocycles. The highest BCUT2D eigenvalue weighted by atomic mass is 16.5. The van der Waals surface area contributed by atoms with Crippen LogP contribution in [0.5, 0.6) is 5.75 Å². The van der Waals surface area contributed by atoms with E-state index in [4.69, 9.17) is 10.5 Å². The summed E-state index contributed by atoms with van der Waals surface area (Å²) in [5.41, 5.74) is 5.46. The minimum atomic E-state index is -1.37. The molecule has 1 aromatic rings. The molecular formula is C12H16N2O3. The lowest BCUT2D eigenvalue weighted by Crippen LogP contribution is -2.59. The van der Waals surface area contributed by atoms with Crippen LogP contribution in [0.25, 0.3) is 0 Å². The zero-order valence-electron chi connectivity index (χ0n) is 9.64. The number of carboxylic acid groups (broad SMARTS) is 1. The number of methoxy groups -OCH3 is 1. The van der Waals surface area contributed by atoms with Crippen LogP contribution >= 0.6 is 0 Å². The van der Waals surface area contributed by atoms with Crippen LogP contribution < -0.4 is 15.8 Å². The zero-order chi connectivity index (χ0) is 12.5. The van der Waals surface area contributed by atoms with E-state index in [2.05, 4.69) is 5.32 Å². The number of aliphatic carboxylic acids is 1. The molecule has 1 unspecified atom stereocenters. The van der Waals surface area contributed by atoms with E-state index in [1.54, 1.807) is 7.11 Å². The lowest BCUT2D eigenvalue weighted by molar-refractivity contribution is -0.144. The first-order valence-electron chi connectivity index (χ1n) is 5.49. The van der Waals surface area contributed by atoms with Gasteiger partial charge in [-0.15, -0.1) is 0 Å². The molecule has 0 amide bonds. The molecule has 0 spiro atoms. The smallest absolute Gasteiger partial charge is 0.339 e. The summed E-state index contributed by atoms with van der Waals surface area (Å²) >= 11 is 0. The standard InChI is InChI=1S/C12H16N2O3/c1-17-9-4-2-8(3-5-9)10-6-7-14-12(10,13)11(15)16/h2-5,10,14H,6-7,13H2,1H3,(H,15,16)/t10?,12-/m1/s1. The van der Waals surface area contributed by atoms with Crippen molar-refractivity contribution in [2.24, 2.45) is 5.73 Å². The molecule has 0 aliphatic carbocycles. The fraction of sp³-hybridized carbons (Fsp3) is 0.417. The van der Waals surface area contributed by atoms with E-state index in [-0.39, 0.29) is 5.92 Å². The van der Waals surface area contributed by atoms with Crippen molar-refractivity contribution >= 4 is 5.97 Å². The summed E-state index contributed by atoms with van der Waals surface area (Å²) in [5.74, 6) is -0.487. The van der Waals surface area contributed by atoms with Gasteiger partial charge in [-0.05, 0) is 30.7 Å². The van der Waals surface area contributed by atoms with Crippen LogP contribution in [-0.2, 0) is 4.79 Å². The molecular weight excluding hydrogens is 220 g/mol. The molecule has 17 heavy (non-hydrogen) atoms. The Morgan fingerprint density at radius 1 is 1.53 bits per heavy atom. The van der Waals surface area contributed by atoms with Gasteiger partial charge in [0, 0.05) is 5.92 Å². The number of carbonyl (C=O) groups is 1. The molecule has 92 valence electrons. The van der Waals surface area contributed by atoms with Crippen molar-refractivity contribution in [3.63, 3.8) is 0 Å². The van der Waals surface area contributed by atoms with Gasteiger partial charge in [0.05, 0.1) is 7.11 Å². The molecule has 1 fully saturated rings. The van der Waals surface area contributed by atoms with Crippen LogP contribution in [0.2, 0.25) is 0 Å². The molecule has 1 saturated heterocycles. The Hall–Kier alpha value is -1.59. The van der Waals surface area contributed by atoms with Crippen LogP contribution in [-0.4, -0.2) is 30.4 Å². The monoisotopic (exact) mass is 236 g/mol. The second-order valence-corrected chi connectivity index (χ2v) is 4.22. The van der Waals surface area contributed by atoms with Crippen molar-refractivity contribution in [1.82, 2.24) is 5.32 Å². The van der Waals surface area contributed by atoms with E-state index in [1.165, 1.54) is 0 Å². The first kappa shape index (κ1) is 11.9. The maximum Gasteiger partial charge on any atom is 0.339 e. The third kappa shape index (κ3) is 1.99. The number of carboxylic acids is 1. The van der Waals surface area contributed by atoms with E-state index in [0.717, 1.165) is 17.7 Å². The quantitative estimate of drug-likeness (QED) is 0.712. The van der Waals surface area contributed by atoms with E-state index < -0.39 is 11.6 Å². The number of nitrogens with two attached hydrogens (primary N) is 1. The van der Waals surface area contributed by atoms with Crippen LogP contribution in [0, 0.1) is 0 Å². The Morgan fingerprint density at radius 2 is 2.18 bits per heavy atom. The summed E-state index contributed by atoms with van der Waals surface area (Å²) in [5, 5.41) is 12.0. The average Bonchev–Trinajstić information content (AvgIpc) is 2.73. The second-order valence-electron chi connectivity index (χ2n) is 4.22. The van der Waals surface area contributed by atoms with Gasteiger partial charge in [-0.3, -0.25) is 5.32 Å². The molecule has 1 aromatic carbocycles. The van der Waals surface area contributed by atoms with Crippen molar-refractivity contribution in [1.29, 1.82) is 0 Å². The van der Waals surface area contributed by atoms with Crippen molar-refractivity contribution in [3.05, 3.63) is 29.8 Å². The average molecular weight is 236 g/mol. The predicted molar refractivity (Wildman–Crippen MR) is 62.9 cm³/mol. The summed E-state index contributed by atoms with van der Waals surface area (Å²) in [6.45, 7) is 0.611. The lowest BCUT2D eigenvalue weighted by Gasteiger charge is -2.27. The molecule has 5 heteroatoms. The molecule has 5 nitrogen and oxygen atoms in total. The summed E-state index contributed by atoms with van der Waals surface area (Å²) in [4.78, 5) is 11.2. The molecule has 1 heterocycles. The number of ether oxygens (including phenoxy) is 1. The normalized spacial score (nSPS) is 28.0. The molecule has 0 bridgehead atoms. The number of benzene rings is 1. The number of hydrogen-bond donors (Lipinski definition) is 3. The third-order valence-corrected chi connectivity index (χ3v) is 3.27. The van der Waals surface area contributed by atoms with Crippen molar-refractivity contribution < 1.29 is 14.6 Å². The molecule has 1 aliphatic rings. The first-order valence-corrected chi connectivity index (χ1v) is 5.49. The summed E-state index contributed by atoms with van der Waals surface area (Å²) < 4.78 is 5.07. The minimum Gasteiger partial charge on any atom is -0.497 e. The summed E-state index contributed by atoms with van der Waals surface area (Å²) in [6, 6.07) is 7.36. The number of rotatable bonds is 3. The Balaban J connectivity index is 2.29. The fourth-order valence-electron chi connectivity index (χ4n) is 2.26. The molecule has 4 N–H and O–H groups in total. The SMILES string of the molecule is COc1ccc(C2CCN[C@@]2(N)C(=O)O)cc1. The Morgan fingerprint density at radius 3 is 2.71 bits per heavy atom. The first-order chi connectivity index (χ1) is 8.08. The predicted octanol–water partition coefficient (Wildman–Crippen LogP) is 0.512. The van der Waals surface area contributed by atoms with Gasteiger partial charge in [-0.2, -0.15) is 0 Å². The molecule has 2 atom stereocenters. The highest BCUT2D eigenvalue weighted by Gasteiger charge is 2.46. The van der Waals surface area contributed by atoms with Crippen LogP contribution in [0.15, 0.2) is 24.3 Å². The second kappa shape index (κ2) is 4.35. The highest BCUT2D eigenvalue weighted by molar-refractivity contribution is 5.80. The van der Waals surface area contributed by atoms with E-state index in [9.17, 15) is 9.90 Å². The molecule has 2 rings (SSSR count). The third-order valence-electron chi connectivity index (χ3n) is 3.27. The van der Waals surface area contributed by atoms with Crippen LogP contribution in [0.1, 0.15) is 17.9 Å². The van der Waals surface area contributed by atoms with E-state index >= 15 is 0 Å². The van der Waals surface area contributed by atoms with Crippen molar-refractivity contribution in [2.75, 3.05) is 13.7 Å². The van der Waals surface area contributed by atoms with Crippen LogP contribution in [0.3, 0.4) is 0 Å². The van der Waals surface area contributed by atoms with Gasteiger partial charge >= 0.3 is 5.97 Å². The lowest BCUT2D eigenvalue weighted by atomic mass is 9.87. The Kier molecular flexibility index (Phi) is 3.04. The van der Waals surface area contributed by atoms with Gasteiger partial charge in [0.25, 0.3) is 0 Å². The summed E-state index contributed by atoms with van der Waals surface area (Å²) in [6.07, 6.45) is 0.717. The highest BCUT2D eigenvalue weighted by Crippen LogP contribution is 2.33. The molecule has 0 radical (unpaired) electrons. The number of nitrogens with one attached hydrogen (secondary N) is 1. The largest absolute Gasteiger partial charge is 0.497 e. The van der Waals surface area contributed by atoms with E-state index in [0.29, 0.717) is 6.54 Å². The van der Waals surface area contributed by atoms with Gasteiger partial charge in [0.2, 0.25) is 0 Å². The minimum absolute atomic E-state index is 0.217. The molecule has 0 aromatic heterocycles.